The number of nitrogens with zero attached hydrogens (tertiary/aromatic N) is 2. The van der Waals surface area contributed by atoms with E-state index >= 15 is 0 Å². The Kier molecular flexibility index (Phi) is 5.03. The van der Waals surface area contributed by atoms with Crippen molar-refractivity contribution < 1.29 is 9.59 Å². The number of carbonyl (C=O) groups excluding carboxylic acids is 2. The maximum atomic E-state index is 13.0. The van der Waals surface area contributed by atoms with Gasteiger partial charge in [0.15, 0.2) is 0 Å². The van der Waals surface area contributed by atoms with Gasteiger partial charge in [-0.2, -0.15) is 0 Å². The Morgan fingerprint density at radius 3 is 2.14 bits per heavy atom. The molecule has 4 rings (SSSR count). The van der Waals surface area contributed by atoms with Gasteiger partial charge in [0.1, 0.15) is 0 Å². The Labute approximate surface area is 168 Å². The second-order valence-corrected chi connectivity index (χ2v) is 6.58. The van der Waals surface area contributed by atoms with Gasteiger partial charge in [0, 0.05) is 35.0 Å². The van der Waals surface area contributed by atoms with Gasteiger partial charge >= 0.3 is 0 Å². The Morgan fingerprint density at radius 1 is 0.862 bits per heavy atom. The van der Waals surface area contributed by atoms with E-state index in [9.17, 15) is 9.59 Å². The number of Topliss-reactive ketones (excluding diaryl/α,β-unsaturated/α-hetero) is 1. The summed E-state index contributed by atoms with van der Waals surface area (Å²) in [5.41, 5.74) is 4.37. The highest BCUT2D eigenvalue weighted by Crippen LogP contribution is 2.29. The average molecular weight is 381 g/mol. The first-order valence-electron chi connectivity index (χ1n) is 9.24. The summed E-state index contributed by atoms with van der Waals surface area (Å²) in [5.74, 6) is -1.25. The van der Waals surface area contributed by atoms with Crippen LogP contribution in [0.1, 0.15) is 16.1 Å². The molecule has 2 aromatic heterocycles. The maximum Gasteiger partial charge on any atom is 0.296 e. The number of aromatic nitrogens is 2. The van der Waals surface area contributed by atoms with Gasteiger partial charge in [-0.05, 0) is 42.8 Å². The van der Waals surface area contributed by atoms with E-state index in [1.807, 2.05) is 72.2 Å². The Morgan fingerprint density at radius 2 is 1.48 bits per heavy atom. The molecule has 5 nitrogen and oxygen atoms in total. The van der Waals surface area contributed by atoms with Crippen molar-refractivity contribution in [2.45, 2.75) is 6.92 Å². The topological polar surface area (TPSA) is 64.0 Å². The number of nitrogens with one attached hydrogen (secondary N) is 1. The van der Waals surface area contributed by atoms with Crippen LogP contribution in [0.5, 0.6) is 0 Å². The molecule has 142 valence electrons. The van der Waals surface area contributed by atoms with Gasteiger partial charge in [-0.25, -0.2) is 0 Å². The van der Waals surface area contributed by atoms with E-state index in [0.717, 1.165) is 16.9 Å². The fraction of sp³-hybridized carbons (Fsp3) is 0.0417. The normalized spacial score (nSPS) is 10.5. The van der Waals surface area contributed by atoms with Crippen molar-refractivity contribution >= 4 is 17.4 Å². The van der Waals surface area contributed by atoms with E-state index in [2.05, 4.69) is 10.3 Å². The van der Waals surface area contributed by atoms with Crippen molar-refractivity contribution in [2.24, 2.45) is 0 Å². The minimum absolute atomic E-state index is 0.374. The number of para-hydroxylation sites is 1. The SMILES string of the molecule is Cc1c(C(=O)C(=O)Nc2ccncc2)cc(-c2ccccc2)n1-c1ccccc1. The first-order valence-corrected chi connectivity index (χ1v) is 9.24. The van der Waals surface area contributed by atoms with Gasteiger partial charge in [0.25, 0.3) is 11.7 Å². The van der Waals surface area contributed by atoms with Crippen LogP contribution >= 0.6 is 0 Å². The molecule has 0 saturated heterocycles. The van der Waals surface area contributed by atoms with Crippen LogP contribution in [0.3, 0.4) is 0 Å². The molecule has 0 bridgehead atoms. The van der Waals surface area contributed by atoms with E-state index in [1.165, 1.54) is 0 Å². The zero-order chi connectivity index (χ0) is 20.2. The monoisotopic (exact) mass is 381 g/mol. The number of pyridine rings is 1. The molecule has 0 aliphatic carbocycles. The summed E-state index contributed by atoms with van der Waals surface area (Å²) in [6, 6.07) is 24.7. The summed E-state index contributed by atoms with van der Waals surface area (Å²) in [6.45, 7) is 1.85. The molecule has 1 N–H and O–H groups in total. The highest BCUT2D eigenvalue weighted by atomic mass is 16.2. The summed E-state index contributed by atoms with van der Waals surface area (Å²) < 4.78 is 2.00. The summed E-state index contributed by atoms with van der Waals surface area (Å²) in [7, 11) is 0. The zero-order valence-corrected chi connectivity index (χ0v) is 15.9. The minimum atomic E-state index is -0.677. The lowest BCUT2D eigenvalue weighted by atomic mass is 10.1. The lowest BCUT2D eigenvalue weighted by molar-refractivity contribution is -0.112. The smallest absolute Gasteiger partial charge is 0.296 e. The van der Waals surface area contributed by atoms with Crippen molar-refractivity contribution in [1.29, 1.82) is 0 Å². The molecule has 4 aromatic rings. The van der Waals surface area contributed by atoms with E-state index in [1.54, 1.807) is 30.6 Å². The van der Waals surface area contributed by atoms with Crippen molar-refractivity contribution in [3.8, 4) is 16.9 Å². The third kappa shape index (κ3) is 3.71. The first-order chi connectivity index (χ1) is 14.1. The van der Waals surface area contributed by atoms with Crippen LogP contribution in [0, 0.1) is 6.92 Å². The maximum absolute atomic E-state index is 13.0. The molecule has 1 amide bonds. The molecule has 0 spiro atoms. The second kappa shape index (κ2) is 7.94. The van der Waals surface area contributed by atoms with Crippen LogP contribution in [0.25, 0.3) is 16.9 Å². The number of rotatable bonds is 5. The molecule has 0 aliphatic rings. The first kappa shape index (κ1) is 18.4. The number of hydrogen-bond acceptors (Lipinski definition) is 3. The Bertz CT molecular complexity index is 1150. The molecule has 29 heavy (non-hydrogen) atoms. The third-order valence-corrected chi connectivity index (χ3v) is 4.72. The van der Waals surface area contributed by atoms with Gasteiger partial charge in [0.2, 0.25) is 0 Å². The van der Waals surface area contributed by atoms with Gasteiger partial charge in [0.05, 0.1) is 5.69 Å². The number of benzene rings is 2. The summed E-state index contributed by atoms with van der Waals surface area (Å²) in [4.78, 5) is 29.4. The van der Waals surface area contributed by atoms with Gasteiger partial charge < -0.3 is 9.88 Å². The number of carbonyl (C=O) groups is 2. The van der Waals surface area contributed by atoms with Crippen LogP contribution in [0.4, 0.5) is 5.69 Å². The average Bonchev–Trinajstić information content (AvgIpc) is 3.12. The van der Waals surface area contributed by atoms with Gasteiger partial charge in [-0.15, -0.1) is 0 Å². The van der Waals surface area contributed by atoms with Crippen LogP contribution in [0.2, 0.25) is 0 Å². The van der Waals surface area contributed by atoms with Gasteiger partial charge in [-0.1, -0.05) is 48.5 Å². The molecule has 2 heterocycles. The van der Waals surface area contributed by atoms with E-state index in [0.29, 0.717) is 16.9 Å². The van der Waals surface area contributed by atoms with E-state index in [-0.39, 0.29) is 0 Å². The molecule has 0 fully saturated rings. The number of amides is 1. The number of hydrogen-bond donors (Lipinski definition) is 1. The standard InChI is InChI=1S/C24H19N3O2/c1-17-21(23(28)24(29)26-19-12-14-25-15-13-19)16-22(18-8-4-2-5-9-18)27(17)20-10-6-3-7-11-20/h2-16H,1H3,(H,25,26,29). The largest absolute Gasteiger partial charge is 0.319 e. The Balaban J connectivity index is 1.77. The number of ketones is 1. The molecule has 0 aliphatic heterocycles. The lowest BCUT2D eigenvalue weighted by Crippen LogP contribution is -2.23. The summed E-state index contributed by atoms with van der Waals surface area (Å²) in [5, 5.41) is 2.64. The molecular weight excluding hydrogens is 362 g/mol. The van der Waals surface area contributed by atoms with Crippen LogP contribution in [0.15, 0.2) is 91.3 Å². The Hall–Kier alpha value is -3.99. The predicted octanol–water partition coefficient (Wildman–Crippen LogP) is 4.67. The highest BCUT2D eigenvalue weighted by molar-refractivity contribution is 6.47. The lowest BCUT2D eigenvalue weighted by Gasteiger charge is -2.12. The number of anilines is 1. The molecule has 5 heteroatoms. The molecule has 0 radical (unpaired) electrons. The summed E-state index contributed by atoms with van der Waals surface area (Å²) >= 11 is 0. The van der Waals surface area contributed by atoms with E-state index in [4.69, 9.17) is 0 Å². The molecule has 2 aromatic carbocycles. The molecule has 0 unspecified atom stereocenters. The fourth-order valence-corrected chi connectivity index (χ4v) is 3.31. The van der Waals surface area contributed by atoms with Crippen molar-refractivity contribution in [3.63, 3.8) is 0 Å². The zero-order valence-electron chi connectivity index (χ0n) is 15.9. The van der Waals surface area contributed by atoms with Crippen LogP contribution < -0.4 is 5.32 Å². The van der Waals surface area contributed by atoms with Crippen LogP contribution in [-0.4, -0.2) is 21.2 Å². The fourth-order valence-electron chi connectivity index (χ4n) is 3.31. The van der Waals surface area contributed by atoms with Crippen LogP contribution in [-0.2, 0) is 4.79 Å². The quantitative estimate of drug-likeness (QED) is 0.404. The minimum Gasteiger partial charge on any atom is -0.319 e. The molecule has 0 saturated carbocycles. The van der Waals surface area contributed by atoms with E-state index < -0.39 is 11.7 Å². The van der Waals surface area contributed by atoms with Crippen molar-refractivity contribution in [1.82, 2.24) is 9.55 Å². The highest BCUT2D eigenvalue weighted by Gasteiger charge is 2.24. The second-order valence-electron chi connectivity index (χ2n) is 6.58. The van der Waals surface area contributed by atoms with Gasteiger partial charge in [-0.3, -0.25) is 14.6 Å². The molecular formula is C24H19N3O2. The predicted molar refractivity (Wildman–Crippen MR) is 113 cm³/mol. The van der Waals surface area contributed by atoms with Crippen molar-refractivity contribution in [2.75, 3.05) is 5.32 Å². The molecule has 0 atom stereocenters. The summed E-state index contributed by atoms with van der Waals surface area (Å²) in [6.07, 6.45) is 3.12. The van der Waals surface area contributed by atoms with Crippen molar-refractivity contribution in [3.05, 3.63) is 103 Å². The third-order valence-electron chi connectivity index (χ3n) is 4.72.